The number of likely N-dealkylation sites (N-methyl/N-ethyl adjacent to an activating group) is 1. The molecule has 1 aliphatic rings. The van der Waals surface area contributed by atoms with Crippen LogP contribution >= 0.6 is 23.4 Å². The molecule has 32 heavy (non-hydrogen) atoms. The molecule has 1 fully saturated rings. The highest BCUT2D eigenvalue weighted by atomic mass is 35.5. The van der Waals surface area contributed by atoms with Gasteiger partial charge in [0, 0.05) is 23.6 Å². The Morgan fingerprint density at radius 3 is 2.47 bits per heavy atom. The summed E-state index contributed by atoms with van der Waals surface area (Å²) in [6.45, 7) is 6.23. The van der Waals surface area contributed by atoms with Crippen molar-refractivity contribution < 1.29 is 13.6 Å². The van der Waals surface area contributed by atoms with Gasteiger partial charge in [0.25, 0.3) is 5.91 Å². The molecule has 2 aromatic carbocycles. The van der Waals surface area contributed by atoms with E-state index in [9.17, 15) is 13.6 Å². The Morgan fingerprint density at radius 2 is 1.81 bits per heavy atom. The minimum atomic E-state index is -0.471. The molecule has 3 aromatic rings. The van der Waals surface area contributed by atoms with Gasteiger partial charge in [-0.05, 0) is 92.7 Å². The summed E-state index contributed by atoms with van der Waals surface area (Å²) < 4.78 is 28.7. The lowest BCUT2D eigenvalue weighted by atomic mass is 10.2. The Labute approximate surface area is 194 Å². The summed E-state index contributed by atoms with van der Waals surface area (Å²) in [5, 5.41) is 0.603. The number of aryl methyl sites for hydroxylation is 1. The summed E-state index contributed by atoms with van der Waals surface area (Å²) in [4.78, 5) is 19.6. The standard InChI is InChI=1S/C24H20ClF2N3OS/c1-4-29-23(31)22(32-24(29)28-18-7-5-17(26)6-8-18)12-16-11-14(2)30(15(16)3)19-9-10-21(27)20(25)13-19/h5-13H,4H2,1-3H3/b22-12+,28-24?. The Kier molecular flexibility index (Phi) is 6.22. The fourth-order valence-electron chi connectivity index (χ4n) is 3.59. The molecule has 1 aromatic heterocycles. The number of amidine groups is 1. The molecule has 0 spiro atoms. The molecule has 2 heterocycles. The molecule has 0 N–H and O–H groups in total. The van der Waals surface area contributed by atoms with Gasteiger partial charge < -0.3 is 4.57 Å². The van der Waals surface area contributed by atoms with Gasteiger partial charge in [0.2, 0.25) is 0 Å². The Hall–Kier alpha value is -2.90. The summed E-state index contributed by atoms with van der Waals surface area (Å²) >= 11 is 7.25. The maximum atomic E-state index is 13.6. The van der Waals surface area contributed by atoms with Gasteiger partial charge in [-0.15, -0.1) is 0 Å². The SMILES string of the molecule is CCN1C(=O)/C(=C\c2cc(C)n(-c3ccc(F)c(Cl)c3)c2C)SC1=Nc1ccc(F)cc1. The Morgan fingerprint density at radius 1 is 1.09 bits per heavy atom. The third kappa shape index (κ3) is 4.23. The summed E-state index contributed by atoms with van der Waals surface area (Å²) in [7, 11) is 0. The second-order valence-electron chi connectivity index (χ2n) is 7.29. The number of nitrogens with zero attached hydrogens (tertiary/aromatic N) is 3. The van der Waals surface area contributed by atoms with Crippen LogP contribution < -0.4 is 0 Å². The number of halogens is 3. The summed E-state index contributed by atoms with van der Waals surface area (Å²) in [5.74, 6) is -0.941. The molecule has 1 aliphatic heterocycles. The fraction of sp³-hybridized carbons (Fsp3) is 0.167. The van der Waals surface area contributed by atoms with Crippen molar-refractivity contribution in [2.24, 2.45) is 4.99 Å². The van der Waals surface area contributed by atoms with Gasteiger partial charge in [-0.1, -0.05) is 11.6 Å². The predicted molar refractivity (Wildman–Crippen MR) is 127 cm³/mol. The van der Waals surface area contributed by atoms with E-state index in [1.54, 1.807) is 29.2 Å². The van der Waals surface area contributed by atoms with Crippen molar-refractivity contribution in [3.8, 4) is 5.69 Å². The zero-order chi connectivity index (χ0) is 23.0. The van der Waals surface area contributed by atoms with E-state index in [0.29, 0.717) is 22.3 Å². The smallest absolute Gasteiger partial charge is 0.266 e. The third-order valence-corrected chi connectivity index (χ3v) is 6.47. The highest BCUT2D eigenvalue weighted by molar-refractivity contribution is 8.18. The summed E-state index contributed by atoms with van der Waals surface area (Å²) in [6.07, 6.45) is 1.84. The predicted octanol–water partition coefficient (Wildman–Crippen LogP) is 6.65. The lowest BCUT2D eigenvalue weighted by Gasteiger charge is -2.12. The van der Waals surface area contributed by atoms with Crippen molar-refractivity contribution in [1.29, 1.82) is 0 Å². The number of carbonyl (C=O) groups is 1. The number of hydrogen-bond donors (Lipinski definition) is 0. The number of aromatic nitrogens is 1. The molecule has 1 amide bonds. The van der Waals surface area contributed by atoms with E-state index in [1.165, 1.54) is 30.0 Å². The zero-order valence-corrected chi connectivity index (χ0v) is 19.3. The van der Waals surface area contributed by atoms with Gasteiger partial charge in [-0.3, -0.25) is 9.69 Å². The average molecular weight is 472 g/mol. The van der Waals surface area contributed by atoms with Crippen LogP contribution in [0.15, 0.2) is 58.4 Å². The Bertz CT molecular complexity index is 1260. The number of carbonyl (C=O) groups excluding carboxylic acids is 1. The van der Waals surface area contributed by atoms with E-state index in [2.05, 4.69) is 4.99 Å². The van der Waals surface area contributed by atoms with Crippen LogP contribution in [0.4, 0.5) is 14.5 Å². The Balaban J connectivity index is 1.70. The van der Waals surface area contributed by atoms with Crippen molar-refractivity contribution in [3.05, 3.63) is 87.0 Å². The number of rotatable bonds is 4. The van der Waals surface area contributed by atoms with Gasteiger partial charge in [-0.2, -0.15) is 0 Å². The molecule has 0 saturated carbocycles. The van der Waals surface area contributed by atoms with Crippen molar-refractivity contribution in [2.75, 3.05) is 6.54 Å². The fourth-order valence-corrected chi connectivity index (χ4v) is 4.82. The van der Waals surface area contributed by atoms with Crippen molar-refractivity contribution in [3.63, 3.8) is 0 Å². The molecule has 164 valence electrons. The highest BCUT2D eigenvalue weighted by Crippen LogP contribution is 2.35. The number of hydrogen-bond acceptors (Lipinski definition) is 3. The first-order chi connectivity index (χ1) is 15.3. The largest absolute Gasteiger partial charge is 0.318 e. The van der Waals surface area contributed by atoms with E-state index in [0.717, 1.165) is 22.6 Å². The van der Waals surface area contributed by atoms with Crippen molar-refractivity contribution in [1.82, 2.24) is 9.47 Å². The van der Waals surface area contributed by atoms with E-state index in [4.69, 9.17) is 11.6 Å². The molecule has 8 heteroatoms. The van der Waals surface area contributed by atoms with Crippen LogP contribution in [0.5, 0.6) is 0 Å². The van der Waals surface area contributed by atoms with Gasteiger partial charge in [-0.25, -0.2) is 13.8 Å². The maximum Gasteiger partial charge on any atom is 0.266 e. The van der Waals surface area contributed by atoms with Crippen LogP contribution in [0.3, 0.4) is 0 Å². The van der Waals surface area contributed by atoms with Gasteiger partial charge in [0.1, 0.15) is 11.6 Å². The normalized spacial score (nSPS) is 16.6. The quantitative estimate of drug-likeness (QED) is 0.399. The average Bonchev–Trinajstić information content (AvgIpc) is 3.21. The minimum Gasteiger partial charge on any atom is -0.318 e. The van der Waals surface area contributed by atoms with Crippen molar-refractivity contribution in [2.45, 2.75) is 20.8 Å². The van der Waals surface area contributed by atoms with E-state index < -0.39 is 5.82 Å². The number of benzene rings is 2. The molecule has 0 atom stereocenters. The molecule has 0 unspecified atom stereocenters. The van der Waals surface area contributed by atoms with Gasteiger partial charge >= 0.3 is 0 Å². The van der Waals surface area contributed by atoms with E-state index in [-0.39, 0.29) is 16.7 Å². The van der Waals surface area contributed by atoms with Crippen LogP contribution in [0, 0.1) is 25.5 Å². The van der Waals surface area contributed by atoms with Crippen LogP contribution in [0.1, 0.15) is 23.9 Å². The summed E-state index contributed by atoms with van der Waals surface area (Å²) in [5.41, 5.74) is 4.03. The lowest BCUT2D eigenvalue weighted by Crippen LogP contribution is -2.28. The van der Waals surface area contributed by atoms with Crippen LogP contribution in [-0.4, -0.2) is 27.1 Å². The number of amides is 1. The van der Waals surface area contributed by atoms with Crippen LogP contribution in [-0.2, 0) is 4.79 Å². The minimum absolute atomic E-state index is 0.0525. The van der Waals surface area contributed by atoms with Gasteiger partial charge in [0.15, 0.2) is 5.17 Å². The monoisotopic (exact) mass is 471 g/mol. The number of thioether (sulfide) groups is 1. The second-order valence-corrected chi connectivity index (χ2v) is 8.71. The second kappa shape index (κ2) is 8.92. The maximum absolute atomic E-state index is 13.6. The van der Waals surface area contributed by atoms with Crippen molar-refractivity contribution >= 4 is 46.2 Å². The third-order valence-electron chi connectivity index (χ3n) is 5.17. The first kappa shape index (κ1) is 22.3. The van der Waals surface area contributed by atoms with E-state index in [1.807, 2.05) is 37.5 Å². The topological polar surface area (TPSA) is 37.6 Å². The van der Waals surface area contributed by atoms with Crippen LogP contribution in [0.25, 0.3) is 11.8 Å². The molecular weight excluding hydrogens is 452 g/mol. The molecule has 4 rings (SSSR count). The highest BCUT2D eigenvalue weighted by Gasteiger charge is 2.32. The zero-order valence-electron chi connectivity index (χ0n) is 17.7. The lowest BCUT2D eigenvalue weighted by molar-refractivity contribution is -0.122. The molecule has 1 saturated heterocycles. The first-order valence-corrected chi connectivity index (χ1v) is 11.2. The molecular formula is C24H20ClF2N3OS. The molecule has 0 bridgehead atoms. The van der Waals surface area contributed by atoms with E-state index >= 15 is 0 Å². The number of aliphatic imine (C=N–C) groups is 1. The molecule has 4 nitrogen and oxygen atoms in total. The first-order valence-electron chi connectivity index (χ1n) is 9.98. The molecule has 0 radical (unpaired) electrons. The summed E-state index contributed by atoms with van der Waals surface area (Å²) in [6, 6.07) is 12.4. The molecule has 0 aliphatic carbocycles. The van der Waals surface area contributed by atoms with Gasteiger partial charge in [0.05, 0.1) is 15.6 Å². The van der Waals surface area contributed by atoms with Crippen LogP contribution in [0.2, 0.25) is 5.02 Å².